The van der Waals surface area contributed by atoms with Gasteiger partial charge in [-0.05, 0) is 46.7 Å². The van der Waals surface area contributed by atoms with Crippen LogP contribution in [0.15, 0.2) is 0 Å². The van der Waals surface area contributed by atoms with E-state index >= 15 is 0 Å². The molecule has 0 aliphatic rings. The van der Waals surface area contributed by atoms with Crippen LogP contribution in [0.3, 0.4) is 0 Å². The summed E-state index contributed by atoms with van der Waals surface area (Å²) < 4.78 is 0. The summed E-state index contributed by atoms with van der Waals surface area (Å²) in [5.41, 5.74) is 5.38. The molecule has 130 valence electrons. The summed E-state index contributed by atoms with van der Waals surface area (Å²) in [7, 11) is 2.04. The molecule has 1 atom stereocenters. The third-order valence-corrected chi connectivity index (χ3v) is 3.82. The van der Waals surface area contributed by atoms with Gasteiger partial charge in [-0.25, -0.2) is 0 Å². The van der Waals surface area contributed by atoms with E-state index in [0.717, 1.165) is 45.1 Å². The average Bonchev–Trinajstić information content (AvgIpc) is 2.42. The summed E-state index contributed by atoms with van der Waals surface area (Å²) in [5.74, 6) is 0.165. The van der Waals surface area contributed by atoms with Gasteiger partial charge in [-0.2, -0.15) is 0 Å². The molecule has 5 nitrogen and oxygen atoms in total. The number of aldehydes is 1. The Hall–Kier alpha value is -0.780. The van der Waals surface area contributed by atoms with Crippen molar-refractivity contribution >= 4 is 12.1 Å². The Labute approximate surface area is 136 Å². The molecule has 3 N–H and O–H groups in total. The van der Waals surface area contributed by atoms with Crippen molar-refractivity contribution in [3.63, 3.8) is 0 Å². The molecular weight excluding hydrogens is 278 g/mol. The molecule has 0 spiro atoms. The summed E-state index contributed by atoms with van der Waals surface area (Å²) in [4.78, 5) is 25.3. The molecule has 0 saturated heterocycles. The van der Waals surface area contributed by atoms with E-state index in [1.807, 2.05) is 7.05 Å². The van der Waals surface area contributed by atoms with E-state index in [1.54, 1.807) is 0 Å². The zero-order chi connectivity index (χ0) is 17.0. The molecule has 0 bridgehead atoms. The third-order valence-electron chi connectivity index (χ3n) is 3.82. The first-order chi connectivity index (χ1) is 10.3. The van der Waals surface area contributed by atoms with Crippen molar-refractivity contribution in [2.45, 2.75) is 70.9 Å². The maximum atomic E-state index is 12.0. The smallest absolute Gasteiger partial charge is 0.137 e. The number of hydrogen-bond donors (Lipinski definition) is 2. The first-order valence-corrected chi connectivity index (χ1v) is 8.48. The topological polar surface area (TPSA) is 75.4 Å². The van der Waals surface area contributed by atoms with Crippen molar-refractivity contribution < 1.29 is 9.59 Å². The van der Waals surface area contributed by atoms with Crippen LogP contribution in [0.4, 0.5) is 0 Å². The zero-order valence-electron chi connectivity index (χ0n) is 14.9. The standard InChI is InChI=1S/C17H35N3O2/c1-5-9-17(2,3)19-15(14-21)13-16(22)8-6-7-11-20(4)12-10-18/h14-15,19H,5-13,18H2,1-4H3. The Balaban J connectivity index is 3.99. The van der Waals surface area contributed by atoms with E-state index in [9.17, 15) is 9.59 Å². The van der Waals surface area contributed by atoms with Crippen LogP contribution in [0.2, 0.25) is 0 Å². The van der Waals surface area contributed by atoms with Crippen LogP contribution in [-0.4, -0.2) is 55.2 Å². The van der Waals surface area contributed by atoms with Crippen molar-refractivity contribution in [1.29, 1.82) is 0 Å². The fourth-order valence-electron chi connectivity index (χ4n) is 2.72. The molecule has 0 saturated carbocycles. The first-order valence-electron chi connectivity index (χ1n) is 8.48. The Morgan fingerprint density at radius 1 is 1.32 bits per heavy atom. The van der Waals surface area contributed by atoms with Gasteiger partial charge in [-0.15, -0.1) is 0 Å². The van der Waals surface area contributed by atoms with Gasteiger partial charge < -0.3 is 20.7 Å². The number of ketones is 1. The summed E-state index contributed by atoms with van der Waals surface area (Å²) in [5, 5.41) is 3.29. The highest BCUT2D eigenvalue weighted by atomic mass is 16.1. The maximum absolute atomic E-state index is 12.0. The Bertz CT molecular complexity index is 319. The van der Waals surface area contributed by atoms with E-state index in [0.29, 0.717) is 19.4 Å². The van der Waals surface area contributed by atoms with E-state index in [4.69, 9.17) is 5.73 Å². The number of Topliss-reactive ketones (excluding diaryl/α,β-unsaturated/α-hetero) is 1. The largest absolute Gasteiger partial charge is 0.329 e. The lowest BCUT2D eigenvalue weighted by Gasteiger charge is -2.29. The highest BCUT2D eigenvalue weighted by Gasteiger charge is 2.22. The van der Waals surface area contributed by atoms with E-state index < -0.39 is 0 Å². The Morgan fingerprint density at radius 2 is 2.00 bits per heavy atom. The monoisotopic (exact) mass is 313 g/mol. The molecule has 0 aliphatic heterocycles. The average molecular weight is 313 g/mol. The van der Waals surface area contributed by atoms with Crippen LogP contribution in [-0.2, 0) is 9.59 Å². The second-order valence-electron chi connectivity index (χ2n) is 6.81. The lowest BCUT2D eigenvalue weighted by Crippen LogP contribution is -2.47. The molecule has 0 aromatic carbocycles. The third kappa shape index (κ3) is 10.9. The highest BCUT2D eigenvalue weighted by molar-refractivity contribution is 5.82. The minimum atomic E-state index is -0.367. The second kappa shape index (κ2) is 11.7. The van der Waals surface area contributed by atoms with Gasteiger partial charge >= 0.3 is 0 Å². The van der Waals surface area contributed by atoms with Gasteiger partial charge in [0.15, 0.2) is 0 Å². The van der Waals surface area contributed by atoms with Gasteiger partial charge in [-0.3, -0.25) is 4.79 Å². The molecule has 0 rings (SSSR count). The summed E-state index contributed by atoms with van der Waals surface area (Å²) in [6.07, 6.45) is 5.62. The molecule has 1 unspecified atom stereocenters. The van der Waals surface area contributed by atoms with Crippen molar-refractivity contribution in [1.82, 2.24) is 10.2 Å². The van der Waals surface area contributed by atoms with Gasteiger partial charge in [0, 0.05) is 31.5 Å². The molecule has 0 fully saturated rings. The second-order valence-corrected chi connectivity index (χ2v) is 6.81. The first kappa shape index (κ1) is 21.2. The van der Waals surface area contributed by atoms with Crippen LogP contribution >= 0.6 is 0 Å². The van der Waals surface area contributed by atoms with Crippen molar-refractivity contribution in [2.75, 3.05) is 26.7 Å². The molecule has 0 heterocycles. The van der Waals surface area contributed by atoms with Gasteiger partial charge in [0.1, 0.15) is 12.1 Å². The van der Waals surface area contributed by atoms with E-state index in [1.165, 1.54) is 0 Å². The van der Waals surface area contributed by atoms with Gasteiger partial charge in [-0.1, -0.05) is 13.3 Å². The molecule has 0 aromatic heterocycles. The van der Waals surface area contributed by atoms with Crippen LogP contribution < -0.4 is 11.1 Å². The number of rotatable bonds is 14. The molecule has 5 heteroatoms. The molecule has 22 heavy (non-hydrogen) atoms. The number of nitrogens with zero attached hydrogens (tertiary/aromatic N) is 1. The van der Waals surface area contributed by atoms with Gasteiger partial charge in [0.05, 0.1) is 6.04 Å². The number of unbranched alkanes of at least 4 members (excludes halogenated alkanes) is 1. The number of nitrogens with two attached hydrogens (primary N) is 1. The minimum absolute atomic E-state index is 0.106. The Morgan fingerprint density at radius 3 is 2.55 bits per heavy atom. The zero-order valence-corrected chi connectivity index (χ0v) is 14.9. The van der Waals surface area contributed by atoms with Crippen LogP contribution in [0.5, 0.6) is 0 Å². The highest BCUT2D eigenvalue weighted by Crippen LogP contribution is 2.13. The van der Waals surface area contributed by atoms with E-state index in [2.05, 4.69) is 31.0 Å². The van der Waals surface area contributed by atoms with Crippen molar-refractivity contribution in [3.8, 4) is 0 Å². The van der Waals surface area contributed by atoms with Crippen LogP contribution in [0, 0.1) is 0 Å². The maximum Gasteiger partial charge on any atom is 0.137 e. The predicted octanol–water partition coefficient (Wildman–Crippen LogP) is 1.74. The number of nitrogens with one attached hydrogen (secondary N) is 1. The van der Waals surface area contributed by atoms with Crippen LogP contribution in [0.25, 0.3) is 0 Å². The molecule has 0 amide bonds. The van der Waals surface area contributed by atoms with Crippen LogP contribution in [0.1, 0.15) is 59.3 Å². The normalized spacial score (nSPS) is 13.4. The van der Waals surface area contributed by atoms with Gasteiger partial charge in [0.2, 0.25) is 0 Å². The molecule has 0 aromatic rings. The fourth-order valence-corrected chi connectivity index (χ4v) is 2.72. The lowest BCUT2D eigenvalue weighted by atomic mass is 9.96. The molecule has 0 aliphatic carbocycles. The lowest BCUT2D eigenvalue weighted by molar-refractivity contribution is -0.122. The minimum Gasteiger partial charge on any atom is -0.329 e. The Kier molecular flexibility index (Phi) is 11.3. The van der Waals surface area contributed by atoms with E-state index in [-0.39, 0.29) is 17.4 Å². The number of hydrogen-bond acceptors (Lipinski definition) is 5. The number of carbonyl (C=O) groups excluding carboxylic acids is 2. The summed E-state index contributed by atoms with van der Waals surface area (Å²) >= 11 is 0. The summed E-state index contributed by atoms with van der Waals surface area (Å²) in [6.45, 7) is 8.78. The summed E-state index contributed by atoms with van der Waals surface area (Å²) in [6, 6.07) is -0.367. The molecular formula is C17H35N3O2. The van der Waals surface area contributed by atoms with Crippen molar-refractivity contribution in [3.05, 3.63) is 0 Å². The predicted molar refractivity (Wildman–Crippen MR) is 92.0 cm³/mol. The number of carbonyl (C=O) groups is 2. The SMILES string of the molecule is CCCC(C)(C)NC(C=O)CC(=O)CCCCN(C)CCN. The number of likely N-dealkylation sites (N-methyl/N-ethyl adjacent to an activating group) is 1. The van der Waals surface area contributed by atoms with Crippen molar-refractivity contribution in [2.24, 2.45) is 5.73 Å². The van der Waals surface area contributed by atoms with Gasteiger partial charge in [0.25, 0.3) is 0 Å². The molecule has 0 radical (unpaired) electrons. The fraction of sp³-hybridized carbons (Fsp3) is 0.882. The quantitative estimate of drug-likeness (QED) is 0.377.